The maximum absolute atomic E-state index is 12.4. The van der Waals surface area contributed by atoms with Gasteiger partial charge in [0.2, 0.25) is 0 Å². The molecule has 0 bridgehead atoms. The second kappa shape index (κ2) is 12.8. The second-order valence-electron chi connectivity index (χ2n) is 6.63. The molecule has 2 heterocycles. The first kappa shape index (κ1) is 26.3. The molecule has 0 saturated heterocycles. The normalized spacial score (nSPS) is 15.1. The molecule has 3 rings (SSSR count). The Morgan fingerprint density at radius 2 is 2.00 bits per heavy atom. The number of nitrogens with one attached hydrogen (secondary N) is 1. The third-order valence-electron chi connectivity index (χ3n) is 4.64. The molecule has 0 spiro atoms. The van der Waals surface area contributed by atoms with Gasteiger partial charge in [-0.15, -0.1) is 0 Å². The van der Waals surface area contributed by atoms with Gasteiger partial charge in [0.05, 0.1) is 0 Å². The predicted octanol–water partition coefficient (Wildman–Crippen LogP) is 1.41. The Morgan fingerprint density at radius 3 is 2.59 bits per heavy atom. The minimum atomic E-state index is -0.461. The molecular formula is C21H23N3O2W3-2. The van der Waals surface area contributed by atoms with Gasteiger partial charge in [-0.25, -0.2) is 0 Å². The summed E-state index contributed by atoms with van der Waals surface area (Å²) in [7, 11) is 3.82. The molecule has 2 amide bonds. The number of aromatic nitrogens is 1. The van der Waals surface area contributed by atoms with Crippen molar-refractivity contribution in [3.63, 3.8) is 0 Å². The van der Waals surface area contributed by atoms with Gasteiger partial charge < -0.3 is 0 Å². The Bertz CT molecular complexity index is 880. The Morgan fingerprint density at radius 1 is 1.28 bits per heavy atom. The number of hydrogen-bond acceptors (Lipinski definition) is 2. The summed E-state index contributed by atoms with van der Waals surface area (Å²) in [6.07, 6.45) is 4.45. The van der Waals surface area contributed by atoms with Crippen molar-refractivity contribution in [2.24, 2.45) is 7.05 Å². The first-order valence-electron chi connectivity index (χ1n) is 8.88. The van der Waals surface area contributed by atoms with Crippen LogP contribution in [0.2, 0.25) is 0 Å². The number of carbonyl (C=O) groups is 2. The van der Waals surface area contributed by atoms with Crippen molar-refractivity contribution in [3.8, 4) is 0 Å². The topological polar surface area (TPSA) is 54.3 Å². The van der Waals surface area contributed by atoms with Crippen LogP contribution in [0.4, 0.5) is 5.69 Å². The summed E-state index contributed by atoms with van der Waals surface area (Å²) in [5.41, 5.74) is 4.55. The third kappa shape index (κ3) is 7.46. The Hall–Kier alpha value is -0.755. The second-order valence-corrected chi connectivity index (χ2v) is 8.40. The van der Waals surface area contributed by atoms with Gasteiger partial charge >= 0.3 is 189 Å². The Kier molecular flexibility index (Phi) is 11.6. The van der Waals surface area contributed by atoms with Gasteiger partial charge in [0.25, 0.3) is 0 Å². The molecule has 1 aromatic heterocycles. The number of amides is 2. The van der Waals surface area contributed by atoms with Crippen molar-refractivity contribution < 1.29 is 69.4 Å². The number of nitrogens with zero attached hydrogens (tertiary/aromatic N) is 2. The SMILES string of the molecule is Cc1ccc2c(c1)N(C)C(=O)C(NC(=O)[C-]=[W])CC2.Cn1cccc1C[C-]=[W].[W]. The van der Waals surface area contributed by atoms with Crippen molar-refractivity contribution >= 4 is 26.3 Å². The number of likely N-dealkylation sites (N-methyl/N-ethyl adjacent to an activating group) is 1. The maximum atomic E-state index is 12.4. The van der Waals surface area contributed by atoms with Crippen LogP contribution in [-0.2, 0) is 89.3 Å². The maximum Gasteiger partial charge on any atom is 0 e. The fraction of sp³-hybridized carbons (Fsp3) is 0.333. The van der Waals surface area contributed by atoms with Crippen LogP contribution in [0.25, 0.3) is 0 Å². The summed E-state index contributed by atoms with van der Waals surface area (Å²) in [6, 6.07) is 9.84. The summed E-state index contributed by atoms with van der Waals surface area (Å²) in [5.74, 6) is -0.355. The molecule has 0 radical (unpaired) electrons. The van der Waals surface area contributed by atoms with Gasteiger partial charge in [-0.1, -0.05) is 0 Å². The van der Waals surface area contributed by atoms with E-state index in [-0.39, 0.29) is 32.9 Å². The van der Waals surface area contributed by atoms with Crippen molar-refractivity contribution in [3.05, 3.63) is 53.3 Å². The summed E-state index contributed by atoms with van der Waals surface area (Å²) in [5, 5.41) is 2.72. The number of anilines is 1. The molecule has 1 N–H and O–H groups in total. The minimum Gasteiger partial charge on any atom is 0 e. The fourth-order valence-corrected chi connectivity index (χ4v) is 3.79. The first-order valence-corrected chi connectivity index (χ1v) is 11.8. The zero-order chi connectivity index (χ0) is 20.7. The van der Waals surface area contributed by atoms with Crippen LogP contribution in [0.5, 0.6) is 0 Å². The molecular weight excluding hydrogens is 878 g/mol. The van der Waals surface area contributed by atoms with Gasteiger partial charge in [-0.05, 0) is 0 Å². The molecule has 1 aliphatic heterocycles. The van der Waals surface area contributed by atoms with Crippen LogP contribution in [0.15, 0.2) is 36.5 Å². The van der Waals surface area contributed by atoms with E-state index in [1.165, 1.54) is 25.0 Å². The molecule has 5 nitrogen and oxygen atoms in total. The van der Waals surface area contributed by atoms with Gasteiger partial charge in [0, 0.05) is 21.1 Å². The van der Waals surface area contributed by atoms with Crippen molar-refractivity contribution in [1.82, 2.24) is 9.88 Å². The van der Waals surface area contributed by atoms with E-state index in [1.807, 2.05) is 19.1 Å². The third-order valence-corrected chi connectivity index (χ3v) is 5.82. The van der Waals surface area contributed by atoms with Crippen LogP contribution in [0.1, 0.15) is 23.2 Å². The average molecular weight is 901 g/mol. The van der Waals surface area contributed by atoms with Gasteiger partial charge in [0.1, 0.15) is 0 Å². The van der Waals surface area contributed by atoms with Crippen LogP contribution in [0.3, 0.4) is 0 Å². The molecule has 8 heteroatoms. The quantitative estimate of drug-likeness (QED) is 0.473. The molecule has 2 aromatic rings. The smallest absolute Gasteiger partial charge is 0 e. The monoisotopic (exact) mass is 901 g/mol. The molecule has 1 unspecified atom stereocenters. The van der Waals surface area contributed by atoms with Gasteiger partial charge in [-0.2, -0.15) is 0 Å². The molecule has 0 aliphatic carbocycles. The number of fused-ring (bicyclic) bond motifs is 1. The van der Waals surface area contributed by atoms with Crippen LogP contribution < -0.4 is 10.2 Å². The molecule has 154 valence electrons. The minimum absolute atomic E-state index is 0. The van der Waals surface area contributed by atoms with Crippen molar-refractivity contribution in [2.75, 3.05) is 11.9 Å². The molecule has 0 fully saturated rings. The molecule has 1 atom stereocenters. The molecule has 1 aliphatic rings. The van der Waals surface area contributed by atoms with Crippen LogP contribution in [-0.4, -0.2) is 38.3 Å². The van der Waals surface area contributed by atoms with E-state index in [1.54, 1.807) is 11.9 Å². The summed E-state index contributed by atoms with van der Waals surface area (Å²) < 4.78 is 7.86. The van der Waals surface area contributed by atoms with E-state index < -0.39 is 6.04 Å². The summed E-state index contributed by atoms with van der Waals surface area (Å²) in [6.45, 7) is 2.01. The number of hydrogen-bond donors (Lipinski definition) is 1. The summed E-state index contributed by atoms with van der Waals surface area (Å²) >= 11 is 2.38. The van der Waals surface area contributed by atoms with Crippen LogP contribution >= 0.6 is 0 Å². The van der Waals surface area contributed by atoms with Gasteiger partial charge in [-0.3, -0.25) is 0 Å². The number of rotatable bonds is 4. The first-order chi connectivity index (χ1) is 13.4. The zero-order valence-electron chi connectivity index (χ0n) is 16.6. The standard InChI is InChI=1S/C14H15N2O2.C7H8N.3W/c1-9-4-5-11-6-7-12(15-10(2)17)14(18)16(3)13(11)8-9;1-3-7-5-4-6-8(7)2;;;/h4-5,8,12H,6-7H2,1,3H3,(H,15,17);4-6H,3H2,2H3;;;/q2*-1;;;. The zero-order valence-corrected chi connectivity index (χ0v) is 25.4. The molecule has 0 saturated carbocycles. The summed E-state index contributed by atoms with van der Waals surface area (Å²) in [4.78, 5) is 25.4. The number of carbonyl (C=O) groups excluding carboxylic acids is 2. The van der Waals surface area contributed by atoms with E-state index in [2.05, 4.69) is 50.1 Å². The van der Waals surface area contributed by atoms with Crippen LogP contribution in [0, 0.1) is 6.92 Å². The largest absolute Gasteiger partial charge is 0 e. The Balaban J connectivity index is 0.000000355. The Labute approximate surface area is 208 Å². The van der Waals surface area contributed by atoms with E-state index >= 15 is 0 Å². The fourth-order valence-electron chi connectivity index (χ4n) is 3.05. The van der Waals surface area contributed by atoms with E-state index in [4.69, 9.17) is 0 Å². The molecule has 29 heavy (non-hydrogen) atoms. The predicted molar refractivity (Wildman–Crippen MR) is 104 cm³/mol. The van der Waals surface area contributed by atoms with E-state index in [0.29, 0.717) is 6.42 Å². The van der Waals surface area contributed by atoms with E-state index in [9.17, 15) is 9.59 Å². The molecule has 1 aromatic carbocycles. The van der Waals surface area contributed by atoms with E-state index in [0.717, 1.165) is 49.0 Å². The van der Waals surface area contributed by atoms with Crippen molar-refractivity contribution in [2.45, 2.75) is 32.2 Å². The number of benzene rings is 1. The van der Waals surface area contributed by atoms with Crippen molar-refractivity contribution in [1.29, 1.82) is 0 Å². The van der Waals surface area contributed by atoms with Gasteiger partial charge in [0.15, 0.2) is 0 Å². The average Bonchev–Trinajstić information content (AvgIpc) is 3.05. The number of aryl methyl sites for hydroxylation is 3.